The molecule has 1 aliphatic rings. The van der Waals surface area contributed by atoms with Crippen molar-refractivity contribution in [3.05, 3.63) is 59.9 Å². The number of anilines is 2. The molecule has 2 amide bonds. The third-order valence-corrected chi connectivity index (χ3v) is 4.98. The number of hydrogen-bond acceptors (Lipinski definition) is 4. The summed E-state index contributed by atoms with van der Waals surface area (Å²) in [6.07, 6.45) is 5.07. The van der Waals surface area contributed by atoms with E-state index in [0.29, 0.717) is 5.69 Å². The van der Waals surface area contributed by atoms with E-state index in [-0.39, 0.29) is 5.69 Å². The fraction of sp³-hybridized carbons (Fsp3) is 0.304. The fourth-order valence-corrected chi connectivity index (χ4v) is 3.30. The van der Waals surface area contributed by atoms with Gasteiger partial charge in [0.05, 0.1) is 12.8 Å². The summed E-state index contributed by atoms with van der Waals surface area (Å²) < 4.78 is 19.5. The van der Waals surface area contributed by atoms with Gasteiger partial charge in [0.15, 0.2) is 0 Å². The van der Waals surface area contributed by atoms with Crippen LogP contribution in [-0.4, -0.2) is 38.1 Å². The molecule has 0 aromatic heterocycles. The topological polar surface area (TPSA) is 70.7 Å². The largest absolute Gasteiger partial charge is 0.497 e. The Morgan fingerprint density at radius 2 is 1.83 bits per heavy atom. The average molecular weight is 411 g/mol. The molecular formula is C23H26FN3O3. The summed E-state index contributed by atoms with van der Waals surface area (Å²) in [5.41, 5.74) is 1.64. The highest BCUT2D eigenvalue weighted by Crippen LogP contribution is 2.31. The molecule has 3 rings (SSSR count). The number of methoxy groups -OCH3 is 1. The quantitative estimate of drug-likeness (QED) is 0.683. The van der Waals surface area contributed by atoms with Crippen LogP contribution in [0.5, 0.6) is 5.75 Å². The van der Waals surface area contributed by atoms with Gasteiger partial charge >= 0.3 is 0 Å². The van der Waals surface area contributed by atoms with Gasteiger partial charge in [-0.25, -0.2) is 4.39 Å². The van der Waals surface area contributed by atoms with Crippen molar-refractivity contribution in [1.82, 2.24) is 5.32 Å². The Morgan fingerprint density at radius 1 is 1.13 bits per heavy atom. The zero-order valence-corrected chi connectivity index (χ0v) is 17.2. The molecule has 1 heterocycles. The lowest BCUT2D eigenvalue weighted by Gasteiger charge is -2.23. The van der Waals surface area contributed by atoms with E-state index >= 15 is 0 Å². The maximum absolute atomic E-state index is 14.4. The van der Waals surface area contributed by atoms with Crippen molar-refractivity contribution in [3.8, 4) is 5.75 Å². The number of benzene rings is 2. The highest BCUT2D eigenvalue weighted by atomic mass is 19.1. The molecule has 2 aromatic rings. The molecule has 6 nitrogen and oxygen atoms in total. The number of ether oxygens (including phenoxy) is 1. The summed E-state index contributed by atoms with van der Waals surface area (Å²) >= 11 is 0. The molecule has 1 atom stereocenters. The van der Waals surface area contributed by atoms with Gasteiger partial charge in [0.2, 0.25) is 11.8 Å². The first-order chi connectivity index (χ1) is 14.5. The van der Waals surface area contributed by atoms with Crippen LogP contribution in [0, 0.1) is 5.82 Å². The van der Waals surface area contributed by atoms with Gasteiger partial charge < -0.3 is 20.3 Å². The first-order valence-electron chi connectivity index (χ1n) is 9.95. The molecule has 30 heavy (non-hydrogen) atoms. The van der Waals surface area contributed by atoms with Crippen LogP contribution in [0.2, 0.25) is 0 Å². The van der Waals surface area contributed by atoms with Crippen LogP contribution in [0.1, 0.15) is 25.3 Å². The van der Waals surface area contributed by atoms with Crippen LogP contribution in [0.25, 0.3) is 6.08 Å². The van der Waals surface area contributed by atoms with Crippen molar-refractivity contribution in [2.75, 3.05) is 30.4 Å². The summed E-state index contributed by atoms with van der Waals surface area (Å²) in [5, 5.41) is 5.24. The van der Waals surface area contributed by atoms with E-state index in [4.69, 9.17) is 4.74 Å². The highest BCUT2D eigenvalue weighted by Gasteiger charge is 2.22. The molecule has 2 N–H and O–H groups in total. The minimum Gasteiger partial charge on any atom is -0.497 e. The Bertz CT molecular complexity index is 922. The molecule has 1 fully saturated rings. The third kappa shape index (κ3) is 5.37. The zero-order valence-electron chi connectivity index (χ0n) is 17.2. The molecule has 0 aliphatic carbocycles. The predicted molar refractivity (Wildman–Crippen MR) is 116 cm³/mol. The van der Waals surface area contributed by atoms with Gasteiger partial charge in [-0.1, -0.05) is 18.2 Å². The minimum atomic E-state index is -0.830. The Hall–Kier alpha value is -3.35. The van der Waals surface area contributed by atoms with E-state index in [0.717, 1.165) is 37.2 Å². The average Bonchev–Trinajstić information content (AvgIpc) is 3.28. The van der Waals surface area contributed by atoms with E-state index in [2.05, 4.69) is 15.5 Å². The first-order valence-corrected chi connectivity index (χ1v) is 9.95. The van der Waals surface area contributed by atoms with Gasteiger partial charge in [0, 0.05) is 19.2 Å². The lowest BCUT2D eigenvalue weighted by Crippen LogP contribution is -2.41. The molecule has 0 bridgehead atoms. The fourth-order valence-electron chi connectivity index (χ4n) is 3.30. The smallest absolute Gasteiger partial charge is 0.246 e. The van der Waals surface area contributed by atoms with E-state index in [1.165, 1.54) is 12.1 Å². The number of carbonyl (C=O) groups is 2. The number of halogens is 1. The number of nitrogens with zero attached hydrogens (tertiary/aromatic N) is 1. The monoisotopic (exact) mass is 411 g/mol. The molecule has 7 heteroatoms. The molecule has 0 radical (unpaired) electrons. The normalized spacial score (nSPS) is 14.6. The Labute approximate surface area is 175 Å². The molecule has 0 spiro atoms. The summed E-state index contributed by atoms with van der Waals surface area (Å²) in [6.45, 7) is 3.22. The van der Waals surface area contributed by atoms with Crippen molar-refractivity contribution in [2.24, 2.45) is 0 Å². The highest BCUT2D eigenvalue weighted by molar-refractivity contribution is 6.01. The van der Waals surface area contributed by atoms with Crippen LogP contribution in [-0.2, 0) is 9.59 Å². The molecule has 0 saturated carbocycles. The molecule has 158 valence electrons. The molecule has 1 unspecified atom stereocenters. The van der Waals surface area contributed by atoms with E-state index < -0.39 is 23.7 Å². The third-order valence-electron chi connectivity index (χ3n) is 4.98. The van der Waals surface area contributed by atoms with Gasteiger partial charge in [-0.2, -0.15) is 0 Å². The van der Waals surface area contributed by atoms with E-state index in [1.54, 1.807) is 44.4 Å². The maximum atomic E-state index is 14.4. The number of nitrogens with one attached hydrogen (secondary N) is 2. The summed E-state index contributed by atoms with van der Waals surface area (Å²) in [4.78, 5) is 26.8. The van der Waals surface area contributed by atoms with Gasteiger partial charge in [-0.05, 0) is 55.7 Å². The molecule has 1 aliphatic heterocycles. The molecule has 1 saturated heterocycles. The van der Waals surface area contributed by atoms with Crippen molar-refractivity contribution >= 4 is 29.3 Å². The van der Waals surface area contributed by atoms with Crippen LogP contribution in [0.15, 0.2) is 48.5 Å². The van der Waals surface area contributed by atoms with Gasteiger partial charge in [-0.15, -0.1) is 0 Å². The number of amides is 2. The second-order valence-corrected chi connectivity index (χ2v) is 7.15. The van der Waals surface area contributed by atoms with Crippen LogP contribution >= 0.6 is 0 Å². The van der Waals surface area contributed by atoms with Crippen LogP contribution in [0.4, 0.5) is 15.8 Å². The summed E-state index contributed by atoms with van der Waals surface area (Å²) in [5.74, 6) is -0.664. The number of rotatable bonds is 7. The van der Waals surface area contributed by atoms with Crippen molar-refractivity contribution in [1.29, 1.82) is 0 Å². The number of carbonyl (C=O) groups excluding carboxylic acids is 2. The van der Waals surface area contributed by atoms with Gasteiger partial charge in [-0.3, -0.25) is 9.59 Å². The summed E-state index contributed by atoms with van der Waals surface area (Å²) in [6, 6.07) is 11.1. The Kier molecular flexibility index (Phi) is 7.06. The van der Waals surface area contributed by atoms with E-state index in [1.807, 2.05) is 12.1 Å². The summed E-state index contributed by atoms with van der Waals surface area (Å²) in [7, 11) is 1.58. The lowest BCUT2D eigenvalue weighted by molar-refractivity contribution is -0.123. The Balaban J connectivity index is 1.60. The first kappa shape index (κ1) is 21.4. The SMILES string of the molecule is COc1ccc(/C=C/C(=O)NC(C)C(=O)Nc2c(F)cccc2N2CCCC2)cc1. The van der Waals surface area contributed by atoms with Crippen molar-refractivity contribution < 1.29 is 18.7 Å². The molecule has 2 aromatic carbocycles. The standard InChI is InChI=1S/C23H26FN3O3/c1-16(25-21(28)13-10-17-8-11-18(30-2)12-9-17)23(29)26-22-19(24)6-5-7-20(22)27-14-3-4-15-27/h5-13,16H,3-4,14-15H2,1-2H3,(H,25,28)(H,26,29)/b13-10+. The second-order valence-electron chi connectivity index (χ2n) is 7.15. The lowest BCUT2D eigenvalue weighted by atomic mass is 10.2. The van der Waals surface area contributed by atoms with E-state index in [9.17, 15) is 14.0 Å². The maximum Gasteiger partial charge on any atom is 0.246 e. The Morgan fingerprint density at radius 3 is 2.50 bits per heavy atom. The zero-order chi connectivity index (χ0) is 21.5. The number of hydrogen-bond donors (Lipinski definition) is 2. The molecular weight excluding hydrogens is 385 g/mol. The minimum absolute atomic E-state index is 0.152. The van der Waals surface area contributed by atoms with Gasteiger partial charge in [0.1, 0.15) is 23.3 Å². The van der Waals surface area contributed by atoms with Crippen LogP contribution in [0.3, 0.4) is 0 Å². The predicted octanol–water partition coefficient (Wildman–Crippen LogP) is 3.59. The van der Waals surface area contributed by atoms with Gasteiger partial charge in [0.25, 0.3) is 0 Å². The van der Waals surface area contributed by atoms with Crippen LogP contribution < -0.4 is 20.3 Å². The van der Waals surface area contributed by atoms with Crippen molar-refractivity contribution in [3.63, 3.8) is 0 Å². The van der Waals surface area contributed by atoms with Crippen molar-refractivity contribution in [2.45, 2.75) is 25.8 Å². The second kappa shape index (κ2) is 9.91. The number of para-hydroxylation sites is 1.